The molecule has 0 atom stereocenters. The molecule has 1 saturated heterocycles. The van der Waals surface area contributed by atoms with E-state index in [1.165, 1.54) is 5.56 Å². The zero-order valence-electron chi connectivity index (χ0n) is 17.3. The van der Waals surface area contributed by atoms with Crippen molar-refractivity contribution in [1.82, 2.24) is 25.0 Å². The summed E-state index contributed by atoms with van der Waals surface area (Å²) in [5.74, 6) is -0.0913. The van der Waals surface area contributed by atoms with Gasteiger partial charge in [-0.25, -0.2) is 4.68 Å². The van der Waals surface area contributed by atoms with Crippen molar-refractivity contribution in [2.45, 2.75) is 13.3 Å². The maximum Gasteiger partial charge on any atom is 0.252 e. The van der Waals surface area contributed by atoms with Gasteiger partial charge >= 0.3 is 0 Å². The Hall–Kier alpha value is -3.03. The lowest BCUT2D eigenvalue weighted by atomic mass is 10.2. The Labute approximate surface area is 176 Å². The smallest absolute Gasteiger partial charge is 0.252 e. The third kappa shape index (κ3) is 5.11. The Morgan fingerprint density at radius 1 is 1.10 bits per heavy atom. The Morgan fingerprint density at radius 2 is 1.90 bits per heavy atom. The number of aryl methyl sites for hydroxylation is 1. The van der Waals surface area contributed by atoms with Crippen molar-refractivity contribution in [3.05, 3.63) is 66.1 Å². The Kier molecular flexibility index (Phi) is 6.51. The minimum absolute atomic E-state index is 0.0913. The van der Waals surface area contributed by atoms with Gasteiger partial charge in [-0.15, -0.1) is 0 Å². The second kappa shape index (κ2) is 9.65. The van der Waals surface area contributed by atoms with E-state index < -0.39 is 0 Å². The predicted octanol–water partition coefficient (Wildman–Crippen LogP) is 2.69. The maximum atomic E-state index is 12.4. The number of benzene rings is 1. The second-order valence-corrected chi connectivity index (χ2v) is 7.50. The largest absolute Gasteiger partial charge is 0.379 e. The number of hydrogen-bond donors (Lipinski definition) is 1. The first kappa shape index (κ1) is 20.3. The van der Waals surface area contributed by atoms with E-state index in [-0.39, 0.29) is 5.91 Å². The molecular formula is C23H27N5O2. The summed E-state index contributed by atoms with van der Waals surface area (Å²) in [5, 5.41) is 7.40. The summed E-state index contributed by atoms with van der Waals surface area (Å²) in [4.78, 5) is 19.2. The molecule has 0 unspecified atom stereocenters. The molecule has 1 amide bonds. The van der Waals surface area contributed by atoms with Gasteiger partial charge in [0.25, 0.3) is 5.91 Å². The Balaban J connectivity index is 1.30. The van der Waals surface area contributed by atoms with Crippen LogP contribution >= 0.6 is 0 Å². The van der Waals surface area contributed by atoms with Crippen LogP contribution in [-0.2, 0) is 4.74 Å². The number of carbonyl (C=O) groups is 1. The lowest BCUT2D eigenvalue weighted by Gasteiger charge is -2.26. The van der Waals surface area contributed by atoms with Gasteiger partial charge in [-0.1, -0.05) is 17.7 Å². The molecular weight excluding hydrogens is 378 g/mol. The molecule has 1 aliphatic heterocycles. The van der Waals surface area contributed by atoms with Gasteiger partial charge in [0.2, 0.25) is 0 Å². The fraction of sp³-hybridized carbons (Fsp3) is 0.348. The highest BCUT2D eigenvalue weighted by molar-refractivity contribution is 5.94. The quantitative estimate of drug-likeness (QED) is 0.612. The van der Waals surface area contributed by atoms with Crippen molar-refractivity contribution < 1.29 is 9.53 Å². The van der Waals surface area contributed by atoms with Crippen LogP contribution in [0.25, 0.3) is 16.9 Å². The number of nitrogens with one attached hydrogen (secondary N) is 1. The van der Waals surface area contributed by atoms with E-state index in [4.69, 9.17) is 4.74 Å². The summed E-state index contributed by atoms with van der Waals surface area (Å²) in [5.41, 5.74) is 4.48. The van der Waals surface area contributed by atoms with Crippen LogP contribution in [0.4, 0.5) is 0 Å². The van der Waals surface area contributed by atoms with Crippen molar-refractivity contribution in [3.8, 4) is 16.9 Å². The minimum Gasteiger partial charge on any atom is -0.379 e. The molecule has 1 N–H and O–H groups in total. The van der Waals surface area contributed by atoms with Gasteiger partial charge < -0.3 is 10.1 Å². The second-order valence-electron chi connectivity index (χ2n) is 7.50. The van der Waals surface area contributed by atoms with E-state index in [9.17, 15) is 4.79 Å². The number of aromatic nitrogens is 3. The first-order chi connectivity index (χ1) is 14.7. The van der Waals surface area contributed by atoms with E-state index in [1.807, 2.05) is 35.1 Å². The van der Waals surface area contributed by atoms with Gasteiger partial charge in [-0.3, -0.25) is 14.7 Å². The normalized spacial score (nSPS) is 14.6. The summed E-state index contributed by atoms with van der Waals surface area (Å²) < 4.78 is 7.17. The summed E-state index contributed by atoms with van der Waals surface area (Å²) in [7, 11) is 0. The van der Waals surface area contributed by atoms with Crippen LogP contribution in [0.15, 0.2) is 55.0 Å². The zero-order chi connectivity index (χ0) is 20.8. The van der Waals surface area contributed by atoms with Crippen LogP contribution in [0.1, 0.15) is 22.3 Å². The molecule has 1 aliphatic rings. The van der Waals surface area contributed by atoms with E-state index in [0.717, 1.165) is 56.2 Å². The molecule has 4 rings (SSSR count). The lowest BCUT2D eigenvalue weighted by molar-refractivity contribution is 0.0374. The number of pyridine rings is 1. The number of nitrogens with zero attached hydrogens (tertiary/aromatic N) is 4. The molecule has 30 heavy (non-hydrogen) atoms. The van der Waals surface area contributed by atoms with Crippen molar-refractivity contribution in [3.63, 3.8) is 0 Å². The van der Waals surface area contributed by atoms with Crippen molar-refractivity contribution in [1.29, 1.82) is 0 Å². The summed E-state index contributed by atoms with van der Waals surface area (Å²) >= 11 is 0. The van der Waals surface area contributed by atoms with Gasteiger partial charge in [0, 0.05) is 37.6 Å². The Morgan fingerprint density at radius 3 is 2.63 bits per heavy atom. The fourth-order valence-electron chi connectivity index (χ4n) is 3.42. The predicted molar refractivity (Wildman–Crippen MR) is 116 cm³/mol. The van der Waals surface area contributed by atoms with Crippen LogP contribution in [0.2, 0.25) is 0 Å². The van der Waals surface area contributed by atoms with Gasteiger partial charge in [0.05, 0.1) is 36.4 Å². The number of carbonyl (C=O) groups excluding carboxylic acids is 1. The zero-order valence-corrected chi connectivity index (χ0v) is 17.3. The number of ether oxygens (including phenoxy) is 1. The fourth-order valence-corrected chi connectivity index (χ4v) is 3.42. The highest BCUT2D eigenvalue weighted by Gasteiger charge is 2.11. The third-order valence-electron chi connectivity index (χ3n) is 5.24. The van der Waals surface area contributed by atoms with E-state index in [1.54, 1.807) is 12.4 Å². The molecule has 156 valence electrons. The first-order valence-electron chi connectivity index (χ1n) is 10.4. The highest BCUT2D eigenvalue weighted by atomic mass is 16.5. The average molecular weight is 406 g/mol. The van der Waals surface area contributed by atoms with Gasteiger partial charge in [-0.05, 0) is 44.2 Å². The molecule has 2 aromatic heterocycles. The molecule has 0 saturated carbocycles. The molecule has 7 heteroatoms. The number of morpholine rings is 1. The molecule has 7 nitrogen and oxygen atoms in total. The number of hydrogen-bond acceptors (Lipinski definition) is 5. The molecule has 0 bridgehead atoms. The number of amides is 1. The molecule has 3 aromatic rings. The van der Waals surface area contributed by atoms with Crippen molar-refractivity contribution in [2.75, 3.05) is 39.4 Å². The monoisotopic (exact) mass is 405 g/mol. The number of rotatable bonds is 7. The van der Waals surface area contributed by atoms with Crippen LogP contribution < -0.4 is 5.32 Å². The highest BCUT2D eigenvalue weighted by Crippen LogP contribution is 2.18. The molecule has 1 fully saturated rings. The SMILES string of the molecule is Cc1ccc(-n2cc(-c3ccc(C(=O)NCCCN4CCOCC4)cn3)cn2)cc1. The molecule has 0 aliphatic carbocycles. The summed E-state index contributed by atoms with van der Waals surface area (Å²) in [6.07, 6.45) is 6.28. The maximum absolute atomic E-state index is 12.4. The van der Waals surface area contributed by atoms with E-state index in [2.05, 4.69) is 39.4 Å². The van der Waals surface area contributed by atoms with Gasteiger partial charge in [0.15, 0.2) is 0 Å². The molecule has 0 spiro atoms. The minimum atomic E-state index is -0.0913. The lowest BCUT2D eigenvalue weighted by Crippen LogP contribution is -2.38. The van der Waals surface area contributed by atoms with Crippen LogP contribution in [-0.4, -0.2) is 65.0 Å². The molecule has 1 aromatic carbocycles. The summed E-state index contributed by atoms with van der Waals surface area (Å²) in [6.45, 7) is 7.24. The van der Waals surface area contributed by atoms with Gasteiger partial charge in [0.1, 0.15) is 0 Å². The Bertz CT molecular complexity index is 960. The summed E-state index contributed by atoms with van der Waals surface area (Å²) in [6, 6.07) is 11.9. The first-order valence-corrected chi connectivity index (χ1v) is 10.4. The molecule has 0 radical (unpaired) electrons. The van der Waals surface area contributed by atoms with E-state index >= 15 is 0 Å². The van der Waals surface area contributed by atoms with Crippen LogP contribution in [0.5, 0.6) is 0 Å². The standard InChI is InChI=1S/C23H27N5O2/c1-18-3-6-21(7-4-18)28-17-20(16-26-28)22-8-5-19(15-25-22)23(29)24-9-2-10-27-11-13-30-14-12-27/h3-8,15-17H,2,9-14H2,1H3,(H,24,29). The van der Waals surface area contributed by atoms with Crippen molar-refractivity contribution >= 4 is 5.91 Å². The van der Waals surface area contributed by atoms with Crippen molar-refractivity contribution in [2.24, 2.45) is 0 Å². The third-order valence-corrected chi connectivity index (χ3v) is 5.24. The molecule has 3 heterocycles. The topological polar surface area (TPSA) is 72.3 Å². The van der Waals surface area contributed by atoms with Crippen LogP contribution in [0.3, 0.4) is 0 Å². The van der Waals surface area contributed by atoms with Crippen LogP contribution in [0, 0.1) is 6.92 Å². The van der Waals surface area contributed by atoms with Gasteiger partial charge in [-0.2, -0.15) is 5.10 Å². The average Bonchev–Trinajstić information content (AvgIpc) is 3.28. The van der Waals surface area contributed by atoms with E-state index in [0.29, 0.717) is 12.1 Å².